The van der Waals surface area contributed by atoms with Crippen LogP contribution in [0.15, 0.2) is 42.6 Å². The molecule has 1 aliphatic carbocycles. The third-order valence-corrected chi connectivity index (χ3v) is 6.53. The summed E-state index contributed by atoms with van der Waals surface area (Å²) in [6, 6.07) is 11.9. The van der Waals surface area contributed by atoms with E-state index in [1.165, 1.54) is 17.5 Å². The number of carbonyl (C=O) groups is 2. The summed E-state index contributed by atoms with van der Waals surface area (Å²) >= 11 is 0. The Labute approximate surface area is 173 Å². The van der Waals surface area contributed by atoms with E-state index in [9.17, 15) is 9.59 Å². The van der Waals surface area contributed by atoms with E-state index in [0.29, 0.717) is 19.0 Å². The van der Waals surface area contributed by atoms with Gasteiger partial charge in [0.2, 0.25) is 11.8 Å². The van der Waals surface area contributed by atoms with Crippen LogP contribution in [0, 0.1) is 12.8 Å². The number of fused-ring (bicyclic) bond motifs is 1. The fourth-order valence-electron chi connectivity index (χ4n) is 4.69. The van der Waals surface area contributed by atoms with Gasteiger partial charge in [0.05, 0.1) is 5.69 Å². The summed E-state index contributed by atoms with van der Waals surface area (Å²) in [5.41, 5.74) is 3.32. The molecule has 2 heterocycles. The van der Waals surface area contributed by atoms with Crippen LogP contribution in [0.1, 0.15) is 55.5 Å². The Morgan fingerprint density at radius 3 is 2.66 bits per heavy atom. The summed E-state index contributed by atoms with van der Waals surface area (Å²) in [7, 11) is 0. The number of nitrogens with zero attached hydrogens (tertiary/aromatic N) is 2. The van der Waals surface area contributed by atoms with Crippen molar-refractivity contribution in [3.63, 3.8) is 0 Å². The lowest BCUT2D eigenvalue weighted by Gasteiger charge is -2.38. The molecule has 0 saturated heterocycles. The first kappa shape index (κ1) is 19.7. The van der Waals surface area contributed by atoms with E-state index in [0.717, 1.165) is 31.4 Å². The molecule has 1 aromatic heterocycles. The third kappa shape index (κ3) is 4.24. The van der Waals surface area contributed by atoms with Crippen molar-refractivity contribution in [2.45, 2.75) is 64.6 Å². The minimum atomic E-state index is -0.550. The maximum absolute atomic E-state index is 13.4. The zero-order valence-corrected chi connectivity index (χ0v) is 17.4. The molecule has 154 valence electrons. The number of aryl methyl sites for hydroxylation is 1. The molecule has 0 unspecified atom stereocenters. The number of carbonyl (C=O) groups excluding carboxylic acids is 2. The lowest BCUT2D eigenvalue weighted by molar-refractivity contribution is -0.144. The highest BCUT2D eigenvalue weighted by Gasteiger charge is 2.38. The molecule has 1 fully saturated rings. The Hall–Kier alpha value is -2.56. The number of aromatic nitrogens is 1. The predicted octanol–water partition coefficient (Wildman–Crippen LogP) is 3.62. The molecule has 1 aliphatic heterocycles. The number of hydrogen-bond acceptors (Lipinski definition) is 2. The van der Waals surface area contributed by atoms with Gasteiger partial charge in [-0.15, -0.1) is 0 Å². The summed E-state index contributed by atoms with van der Waals surface area (Å²) in [6.07, 6.45) is 7.22. The molecule has 2 aliphatic rings. The van der Waals surface area contributed by atoms with E-state index in [-0.39, 0.29) is 17.9 Å². The molecule has 4 rings (SSSR count). The average molecular weight is 394 g/mol. The molecule has 1 saturated carbocycles. The number of hydrogen-bond donors (Lipinski definition) is 1. The highest BCUT2D eigenvalue weighted by atomic mass is 16.2. The molecular weight excluding hydrogens is 362 g/mol. The van der Waals surface area contributed by atoms with Crippen molar-refractivity contribution >= 4 is 11.8 Å². The van der Waals surface area contributed by atoms with Gasteiger partial charge in [0.25, 0.3) is 0 Å². The van der Waals surface area contributed by atoms with E-state index in [4.69, 9.17) is 0 Å². The average Bonchev–Trinajstić information content (AvgIpc) is 3.16. The van der Waals surface area contributed by atoms with Crippen LogP contribution in [0.25, 0.3) is 0 Å². The molecule has 2 aromatic rings. The number of rotatable bonds is 5. The summed E-state index contributed by atoms with van der Waals surface area (Å²) in [4.78, 5) is 28.1. The molecule has 0 bridgehead atoms. The van der Waals surface area contributed by atoms with Crippen LogP contribution in [0.5, 0.6) is 0 Å². The van der Waals surface area contributed by atoms with Gasteiger partial charge in [-0.25, -0.2) is 0 Å². The number of amides is 2. The van der Waals surface area contributed by atoms with Crippen molar-refractivity contribution in [2.75, 3.05) is 6.54 Å². The van der Waals surface area contributed by atoms with Crippen LogP contribution in [-0.4, -0.2) is 33.9 Å². The lowest BCUT2D eigenvalue weighted by Crippen LogP contribution is -2.52. The number of nitrogens with one attached hydrogen (secondary N) is 1. The second-order valence-electron chi connectivity index (χ2n) is 8.66. The minimum Gasteiger partial charge on any atom is -0.351 e. The van der Waals surface area contributed by atoms with Crippen molar-refractivity contribution < 1.29 is 9.59 Å². The van der Waals surface area contributed by atoms with Crippen LogP contribution in [0.2, 0.25) is 0 Å². The predicted molar refractivity (Wildman–Crippen MR) is 113 cm³/mol. The Bertz CT molecular complexity index is 871. The Kier molecular flexibility index (Phi) is 5.74. The van der Waals surface area contributed by atoms with Gasteiger partial charge in [-0.3, -0.25) is 9.59 Å². The topological polar surface area (TPSA) is 54.3 Å². The standard InChI is InChI=1S/C24H31N3O2/c1-17-9-11-19(12-10-17)13-15-27-22(28)16-26-14-5-8-21(26)23(27)24(29)25-20-7-4-3-6-18(20)2/h5,8-12,14,18,20,23H,3-4,6-7,13,15-16H2,1-2H3,(H,25,29)/t18-,20+,23+/m0/s1. The second kappa shape index (κ2) is 8.44. The van der Waals surface area contributed by atoms with Crippen LogP contribution in [-0.2, 0) is 22.6 Å². The second-order valence-corrected chi connectivity index (χ2v) is 8.66. The van der Waals surface area contributed by atoms with Crippen LogP contribution in [0.4, 0.5) is 0 Å². The maximum atomic E-state index is 13.4. The summed E-state index contributed by atoms with van der Waals surface area (Å²) in [5.74, 6) is 0.457. The first-order valence-electron chi connectivity index (χ1n) is 10.8. The highest BCUT2D eigenvalue weighted by molar-refractivity contribution is 5.90. The third-order valence-electron chi connectivity index (χ3n) is 6.53. The van der Waals surface area contributed by atoms with Gasteiger partial charge in [0.15, 0.2) is 6.04 Å². The highest BCUT2D eigenvalue weighted by Crippen LogP contribution is 2.29. The van der Waals surface area contributed by atoms with Crippen molar-refractivity contribution in [3.05, 3.63) is 59.4 Å². The SMILES string of the molecule is Cc1ccc(CCN2C(=O)Cn3cccc3[C@@H]2C(=O)N[C@@H]2CCCC[C@@H]2C)cc1. The van der Waals surface area contributed by atoms with Crippen molar-refractivity contribution in [1.82, 2.24) is 14.8 Å². The summed E-state index contributed by atoms with van der Waals surface area (Å²) in [5, 5.41) is 3.28. The monoisotopic (exact) mass is 393 g/mol. The van der Waals surface area contributed by atoms with Crippen LogP contribution in [0.3, 0.4) is 0 Å². The number of benzene rings is 1. The molecule has 1 N–H and O–H groups in total. The minimum absolute atomic E-state index is 0.0117. The molecule has 3 atom stereocenters. The Morgan fingerprint density at radius 2 is 1.90 bits per heavy atom. The van der Waals surface area contributed by atoms with E-state index in [1.54, 1.807) is 4.90 Å². The Balaban J connectivity index is 1.54. The quantitative estimate of drug-likeness (QED) is 0.844. The maximum Gasteiger partial charge on any atom is 0.249 e. The molecule has 29 heavy (non-hydrogen) atoms. The summed E-state index contributed by atoms with van der Waals surface area (Å²) in [6.45, 7) is 5.14. The molecular formula is C24H31N3O2. The lowest BCUT2D eigenvalue weighted by atomic mass is 9.85. The van der Waals surface area contributed by atoms with Crippen molar-refractivity contribution in [2.24, 2.45) is 5.92 Å². The van der Waals surface area contributed by atoms with Gasteiger partial charge in [0, 0.05) is 18.8 Å². The molecule has 5 nitrogen and oxygen atoms in total. The zero-order chi connectivity index (χ0) is 20.4. The van der Waals surface area contributed by atoms with E-state index >= 15 is 0 Å². The van der Waals surface area contributed by atoms with Gasteiger partial charge in [-0.1, -0.05) is 49.6 Å². The van der Waals surface area contributed by atoms with Crippen LogP contribution >= 0.6 is 0 Å². The Morgan fingerprint density at radius 1 is 1.14 bits per heavy atom. The van der Waals surface area contributed by atoms with Gasteiger partial charge in [-0.2, -0.15) is 0 Å². The largest absolute Gasteiger partial charge is 0.351 e. The van der Waals surface area contributed by atoms with Gasteiger partial charge in [0.1, 0.15) is 6.54 Å². The van der Waals surface area contributed by atoms with Crippen molar-refractivity contribution in [3.8, 4) is 0 Å². The van der Waals surface area contributed by atoms with Crippen molar-refractivity contribution in [1.29, 1.82) is 0 Å². The molecule has 5 heteroatoms. The fraction of sp³-hybridized carbons (Fsp3) is 0.500. The van der Waals surface area contributed by atoms with E-state index in [2.05, 4.69) is 43.4 Å². The first-order valence-corrected chi connectivity index (χ1v) is 10.8. The summed E-state index contributed by atoms with van der Waals surface area (Å²) < 4.78 is 1.92. The van der Waals surface area contributed by atoms with Gasteiger partial charge < -0.3 is 14.8 Å². The molecule has 1 aromatic carbocycles. The van der Waals surface area contributed by atoms with E-state index < -0.39 is 6.04 Å². The van der Waals surface area contributed by atoms with E-state index in [1.807, 2.05) is 22.9 Å². The normalized spacial score (nSPS) is 24.3. The smallest absolute Gasteiger partial charge is 0.249 e. The fourth-order valence-corrected chi connectivity index (χ4v) is 4.69. The van der Waals surface area contributed by atoms with Gasteiger partial charge in [-0.05, 0) is 49.8 Å². The van der Waals surface area contributed by atoms with Gasteiger partial charge >= 0.3 is 0 Å². The first-order chi connectivity index (χ1) is 14.0. The molecule has 2 amide bonds. The molecule has 0 radical (unpaired) electrons. The van der Waals surface area contributed by atoms with Crippen LogP contribution < -0.4 is 5.32 Å². The zero-order valence-electron chi connectivity index (χ0n) is 17.4. The molecule has 0 spiro atoms.